The Labute approximate surface area is 131 Å². The highest BCUT2D eigenvalue weighted by Crippen LogP contribution is 2.32. The summed E-state index contributed by atoms with van der Waals surface area (Å²) in [6.45, 7) is 1.32. The number of rotatable bonds is 5. The molecule has 0 aliphatic rings. The Balaban J connectivity index is 2.47. The van der Waals surface area contributed by atoms with Gasteiger partial charge in [0.05, 0.1) is 7.11 Å². The molecule has 122 valence electrons. The summed E-state index contributed by atoms with van der Waals surface area (Å²) >= 11 is 0. The van der Waals surface area contributed by atoms with Gasteiger partial charge in [0.15, 0.2) is 22.2 Å². The zero-order chi connectivity index (χ0) is 17.2. The number of carbonyl (C=O) groups is 1. The van der Waals surface area contributed by atoms with Crippen LogP contribution in [0.25, 0.3) is 0 Å². The van der Waals surface area contributed by atoms with E-state index in [1.165, 1.54) is 32.2 Å². The van der Waals surface area contributed by atoms with Crippen molar-refractivity contribution < 1.29 is 30.9 Å². The van der Waals surface area contributed by atoms with Crippen molar-refractivity contribution in [1.82, 2.24) is 0 Å². The first-order valence-electron chi connectivity index (χ1n) is 6.33. The molecule has 0 heterocycles. The second kappa shape index (κ2) is 6.33. The van der Waals surface area contributed by atoms with Gasteiger partial charge in [-0.1, -0.05) is 6.07 Å². The summed E-state index contributed by atoms with van der Waals surface area (Å²) in [5, 5.41) is 0. The number of methoxy groups -OCH3 is 1. The number of ketones is 1. The summed E-state index contributed by atoms with van der Waals surface area (Å²) in [4.78, 5) is 10.1. The van der Waals surface area contributed by atoms with Crippen LogP contribution in [0.15, 0.2) is 41.3 Å². The standard InChI is InChI=1S/C15H12F2O5S/c1-9(18)10-6-7-13(14(8-10)21-2)22-23(19,20)15-11(16)4-3-5-12(15)17/h3-8H,1-2H3. The molecule has 8 heteroatoms. The Morgan fingerprint density at radius 1 is 1.04 bits per heavy atom. The zero-order valence-corrected chi connectivity index (χ0v) is 13.0. The molecule has 0 amide bonds. The van der Waals surface area contributed by atoms with Gasteiger partial charge in [0.2, 0.25) is 0 Å². The molecule has 2 aromatic carbocycles. The van der Waals surface area contributed by atoms with Gasteiger partial charge in [-0.05, 0) is 37.3 Å². The number of hydrogen-bond donors (Lipinski definition) is 0. The van der Waals surface area contributed by atoms with Crippen molar-refractivity contribution in [1.29, 1.82) is 0 Å². The van der Waals surface area contributed by atoms with Gasteiger partial charge in [-0.15, -0.1) is 0 Å². The van der Waals surface area contributed by atoms with Gasteiger partial charge in [0.25, 0.3) is 0 Å². The molecule has 0 aromatic heterocycles. The Morgan fingerprint density at radius 3 is 2.17 bits per heavy atom. The van der Waals surface area contributed by atoms with E-state index in [0.29, 0.717) is 0 Å². The number of hydrogen-bond acceptors (Lipinski definition) is 5. The smallest absolute Gasteiger partial charge is 0.345 e. The number of ether oxygens (including phenoxy) is 1. The average Bonchev–Trinajstić information content (AvgIpc) is 2.46. The molecule has 2 rings (SSSR count). The van der Waals surface area contributed by atoms with Crippen molar-refractivity contribution in [2.24, 2.45) is 0 Å². The summed E-state index contributed by atoms with van der Waals surface area (Å²) in [7, 11) is -3.52. The Hall–Kier alpha value is -2.48. The van der Waals surface area contributed by atoms with Gasteiger partial charge in [-0.2, -0.15) is 8.42 Å². The Kier molecular flexibility index (Phi) is 4.65. The monoisotopic (exact) mass is 342 g/mol. The van der Waals surface area contributed by atoms with Crippen LogP contribution in [0.4, 0.5) is 8.78 Å². The lowest BCUT2D eigenvalue weighted by atomic mass is 10.1. The van der Waals surface area contributed by atoms with Crippen LogP contribution in [-0.2, 0) is 10.1 Å². The van der Waals surface area contributed by atoms with E-state index in [1.807, 2.05) is 0 Å². The van der Waals surface area contributed by atoms with Crippen molar-refractivity contribution in [3.05, 3.63) is 53.6 Å². The highest BCUT2D eigenvalue weighted by Gasteiger charge is 2.27. The van der Waals surface area contributed by atoms with Crippen LogP contribution < -0.4 is 8.92 Å². The number of halogens is 2. The SMILES string of the molecule is COc1cc(C(C)=O)ccc1OS(=O)(=O)c1c(F)cccc1F. The van der Waals surface area contributed by atoms with Gasteiger partial charge < -0.3 is 8.92 Å². The highest BCUT2D eigenvalue weighted by atomic mass is 32.2. The molecule has 0 bridgehead atoms. The molecule has 5 nitrogen and oxygen atoms in total. The summed E-state index contributed by atoms with van der Waals surface area (Å²) in [5.41, 5.74) is 0.267. The molecule has 0 atom stereocenters. The molecule has 2 aromatic rings. The normalized spacial score (nSPS) is 11.1. The molecular formula is C15H12F2O5S. The number of benzene rings is 2. The lowest BCUT2D eigenvalue weighted by Crippen LogP contribution is -2.14. The molecule has 0 radical (unpaired) electrons. The minimum absolute atomic E-state index is 0.0574. The maximum absolute atomic E-state index is 13.6. The van der Waals surface area contributed by atoms with Crippen molar-refractivity contribution in [2.45, 2.75) is 11.8 Å². The molecule has 0 fully saturated rings. The summed E-state index contributed by atoms with van der Waals surface area (Å²) in [6, 6.07) is 6.39. The van der Waals surface area contributed by atoms with E-state index >= 15 is 0 Å². The predicted octanol–water partition coefficient (Wildman–Crippen LogP) is 2.94. The molecule has 0 saturated carbocycles. The first-order valence-corrected chi connectivity index (χ1v) is 7.74. The zero-order valence-electron chi connectivity index (χ0n) is 12.2. The van der Waals surface area contributed by atoms with E-state index in [4.69, 9.17) is 8.92 Å². The van der Waals surface area contributed by atoms with E-state index in [9.17, 15) is 22.0 Å². The number of carbonyl (C=O) groups excluding carboxylic acids is 1. The highest BCUT2D eigenvalue weighted by molar-refractivity contribution is 7.87. The van der Waals surface area contributed by atoms with E-state index < -0.39 is 26.6 Å². The van der Waals surface area contributed by atoms with E-state index in [-0.39, 0.29) is 22.8 Å². The lowest BCUT2D eigenvalue weighted by molar-refractivity contribution is 0.101. The van der Waals surface area contributed by atoms with Gasteiger partial charge in [-0.3, -0.25) is 4.79 Å². The van der Waals surface area contributed by atoms with Crippen LogP contribution in [0.1, 0.15) is 17.3 Å². The van der Waals surface area contributed by atoms with Crippen molar-refractivity contribution in [3.8, 4) is 11.5 Å². The fraction of sp³-hybridized carbons (Fsp3) is 0.133. The topological polar surface area (TPSA) is 69.7 Å². The minimum Gasteiger partial charge on any atom is -0.493 e. The van der Waals surface area contributed by atoms with Crippen LogP contribution in [-0.4, -0.2) is 21.3 Å². The van der Waals surface area contributed by atoms with Gasteiger partial charge in [-0.25, -0.2) is 8.78 Å². The van der Waals surface area contributed by atoms with E-state index in [1.54, 1.807) is 0 Å². The van der Waals surface area contributed by atoms with Crippen molar-refractivity contribution >= 4 is 15.9 Å². The molecule has 0 spiro atoms. The number of Topliss-reactive ketones (excluding diaryl/α,β-unsaturated/α-hetero) is 1. The van der Waals surface area contributed by atoms with Gasteiger partial charge >= 0.3 is 10.1 Å². The molecule has 0 aliphatic carbocycles. The fourth-order valence-electron chi connectivity index (χ4n) is 1.84. The quantitative estimate of drug-likeness (QED) is 0.617. The molecule has 0 unspecified atom stereocenters. The Morgan fingerprint density at radius 2 is 1.65 bits per heavy atom. The molecule has 0 N–H and O–H groups in total. The van der Waals surface area contributed by atoms with Crippen LogP contribution in [0.2, 0.25) is 0 Å². The predicted molar refractivity (Wildman–Crippen MR) is 77.2 cm³/mol. The summed E-state index contributed by atoms with van der Waals surface area (Å²) in [5.74, 6) is -3.16. The average molecular weight is 342 g/mol. The summed E-state index contributed by atoms with van der Waals surface area (Å²) < 4.78 is 61.2. The third kappa shape index (κ3) is 3.48. The maximum atomic E-state index is 13.6. The fourth-order valence-corrected chi connectivity index (χ4v) is 2.91. The first-order chi connectivity index (χ1) is 10.8. The van der Waals surface area contributed by atoms with Crippen molar-refractivity contribution in [3.63, 3.8) is 0 Å². The van der Waals surface area contributed by atoms with E-state index in [2.05, 4.69) is 0 Å². The summed E-state index contributed by atoms with van der Waals surface area (Å²) in [6.07, 6.45) is 0. The molecule has 0 aliphatic heterocycles. The molecule has 23 heavy (non-hydrogen) atoms. The lowest BCUT2D eigenvalue weighted by Gasteiger charge is -2.12. The van der Waals surface area contributed by atoms with Crippen LogP contribution in [0.3, 0.4) is 0 Å². The second-order valence-corrected chi connectivity index (χ2v) is 5.99. The van der Waals surface area contributed by atoms with E-state index in [0.717, 1.165) is 18.2 Å². The van der Waals surface area contributed by atoms with Crippen LogP contribution in [0.5, 0.6) is 11.5 Å². The first kappa shape index (κ1) is 16.9. The molecule has 0 saturated heterocycles. The maximum Gasteiger partial charge on any atom is 0.345 e. The second-order valence-electron chi connectivity index (χ2n) is 4.51. The van der Waals surface area contributed by atoms with Crippen LogP contribution in [0, 0.1) is 11.6 Å². The third-order valence-corrected chi connectivity index (χ3v) is 4.23. The van der Waals surface area contributed by atoms with Crippen LogP contribution >= 0.6 is 0 Å². The largest absolute Gasteiger partial charge is 0.493 e. The molecular weight excluding hydrogens is 330 g/mol. The minimum atomic E-state index is -4.76. The third-order valence-electron chi connectivity index (χ3n) is 2.94. The van der Waals surface area contributed by atoms with Gasteiger partial charge in [0.1, 0.15) is 11.6 Å². The van der Waals surface area contributed by atoms with Crippen molar-refractivity contribution in [2.75, 3.05) is 7.11 Å². The Bertz CT molecular complexity index is 842. The van der Waals surface area contributed by atoms with Gasteiger partial charge in [0, 0.05) is 5.56 Å².